The maximum absolute atomic E-state index is 12.4. The molecule has 1 aliphatic rings. The molecule has 1 amide bonds. The fourth-order valence-corrected chi connectivity index (χ4v) is 3.26. The molecule has 0 unspecified atom stereocenters. The first kappa shape index (κ1) is 17.5. The van der Waals surface area contributed by atoms with E-state index in [9.17, 15) is 9.90 Å². The van der Waals surface area contributed by atoms with Gasteiger partial charge in [0.1, 0.15) is 11.4 Å². The van der Waals surface area contributed by atoms with Crippen LogP contribution >= 0.6 is 0 Å². The van der Waals surface area contributed by atoms with Gasteiger partial charge in [-0.25, -0.2) is 4.68 Å². The number of amides is 1. The van der Waals surface area contributed by atoms with Gasteiger partial charge in [0.2, 0.25) is 5.91 Å². The van der Waals surface area contributed by atoms with E-state index in [1.807, 2.05) is 37.4 Å². The molecule has 1 aromatic carbocycles. The Morgan fingerprint density at radius 1 is 1.32 bits per heavy atom. The van der Waals surface area contributed by atoms with Gasteiger partial charge in [0.15, 0.2) is 0 Å². The molecule has 1 saturated carbocycles. The summed E-state index contributed by atoms with van der Waals surface area (Å²) >= 11 is 0. The van der Waals surface area contributed by atoms with E-state index in [4.69, 9.17) is 4.74 Å². The maximum atomic E-state index is 12.4. The third-order valence-corrected chi connectivity index (χ3v) is 4.86. The van der Waals surface area contributed by atoms with Crippen LogP contribution in [0.1, 0.15) is 44.2 Å². The minimum absolute atomic E-state index is 0.00453. The molecule has 134 valence electrons. The molecule has 0 aliphatic heterocycles. The molecular formula is C19H25N3O3. The van der Waals surface area contributed by atoms with E-state index in [0.29, 0.717) is 12.8 Å². The van der Waals surface area contributed by atoms with E-state index < -0.39 is 0 Å². The molecule has 2 N–H and O–H groups in total. The molecule has 1 atom stereocenters. The Bertz CT molecular complexity index is 720. The Hall–Kier alpha value is -2.34. The summed E-state index contributed by atoms with van der Waals surface area (Å²) in [4.78, 5) is 12.4. The lowest BCUT2D eigenvalue weighted by atomic mass is 9.86. The second-order valence-electron chi connectivity index (χ2n) is 6.63. The Balaban J connectivity index is 1.66. The number of methoxy groups -OCH3 is 1. The lowest BCUT2D eigenvalue weighted by Crippen LogP contribution is -2.35. The predicted molar refractivity (Wildman–Crippen MR) is 94.6 cm³/mol. The topological polar surface area (TPSA) is 76.4 Å². The molecule has 3 rings (SSSR count). The molecular weight excluding hydrogens is 318 g/mol. The van der Waals surface area contributed by atoms with Gasteiger partial charge in [-0.1, -0.05) is 12.1 Å². The van der Waals surface area contributed by atoms with Crippen molar-refractivity contribution in [1.82, 2.24) is 15.1 Å². The largest absolute Gasteiger partial charge is 0.494 e. The third-order valence-electron chi connectivity index (χ3n) is 4.86. The maximum Gasteiger partial charge on any atom is 0.223 e. The minimum atomic E-state index is -0.249. The SMILES string of the molecule is COc1ccccc1-n1cc([C@@H](C)NC(=O)C2CCC(O)CC2)cn1. The Morgan fingerprint density at radius 2 is 2.04 bits per heavy atom. The molecule has 1 fully saturated rings. The van der Waals surface area contributed by atoms with E-state index >= 15 is 0 Å². The van der Waals surface area contributed by atoms with Crippen molar-refractivity contribution >= 4 is 5.91 Å². The van der Waals surface area contributed by atoms with Crippen LogP contribution in [0.2, 0.25) is 0 Å². The summed E-state index contributed by atoms with van der Waals surface area (Å²) < 4.78 is 7.13. The second-order valence-corrected chi connectivity index (χ2v) is 6.63. The number of aromatic nitrogens is 2. The van der Waals surface area contributed by atoms with Crippen LogP contribution in [-0.2, 0) is 4.79 Å². The van der Waals surface area contributed by atoms with Crippen LogP contribution in [0, 0.1) is 5.92 Å². The fourth-order valence-electron chi connectivity index (χ4n) is 3.26. The highest BCUT2D eigenvalue weighted by Gasteiger charge is 2.26. The average Bonchev–Trinajstić information content (AvgIpc) is 3.12. The van der Waals surface area contributed by atoms with E-state index in [2.05, 4.69) is 10.4 Å². The van der Waals surface area contributed by atoms with Gasteiger partial charge in [-0.05, 0) is 44.7 Å². The number of para-hydroxylation sites is 2. The highest BCUT2D eigenvalue weighted by Crippen LogP contribution is 2.26. The number of hydrogen-bond acceptors (Lipinski definition) is 4. The van der Waals surface area contributed by atoms with Crippen LogP contribution in [0.3, 0.4) is 0 Å². The van der Waals surface area contributed by atoms with Gasteiger partial charge in [0, 0.05) is 17.7 Å². The van der Waals surface area contributed by atoms with Gasteiger partial charge < -0.3 is 15.2 Å². The molecule has 0 bridgehead atoms. The molecule has 0 spiro atoms. The molecule has 6 heteroatoms. The van der Waals surface area contributed by atoms with Crippen molar-refractivity contribution in [3.8, 4) is 11.4 Å². The van der Waals surface area contributed by atoms with Crippen molar-refractivity contribution in [2.45, 2.75) is 44.8 Å². The van der Waals surface area contributed by atoms with E-state index in [-0.39, 0.29) is 24.0 Å². The van der Waals surface area contributed by atoms with Gasteiger partial charge >= 0.3 is 0 Å². The van der Waals surface area contributed by atoms with Crippen LogP contribution in [0.25, 0.3) is 5.69 Å². The number of ether oxygens (including phenoxy) is 1. The molecule has 2 aromatic rings. The number of aliphatic hydroxyl groups excluding tert-OH is 1. The van der Waals surface area contributed by atoms with Gasteiger partial charge in [-0.3, -0.25) is 4.79 Å². The molecule has 25 heavy (non-hydrogen) atoms. The fraction of sp³-hybridized carbons (Fsp3) is 0.474. The van der Waals surface area contributed by atoms with Crippen LogP contribution in [0.15, 0.2) is 36.7 Å². The van der Waals surface area contributed by atoms with Crippen molar-refractivity contribution in [2.24, 2.45) is 5.92 Å². The lowest BCUT2D eigenvalue weighted by Gasteiger charge is -2.25. The summed E-state index contributed by atoms with van der Waals surface area (Å²) in [6.45, 7) is 1.96. The monoisotopic (exact) mass is 343 g/mol. The highest BCUT2D eigenvalue weighted by atomic mass is 16.5. The first-order chi connectivity index (χ1) is 12.1. The number of nitrogens with zero attached hydrogens (tertiary/aromatic N) is 2. The van der Waals surface area contributed by atoms with Gasteiger partial charge in [-0.2, -0.15) is 5.10 Å². The number of carbonyl (C=O) groups excluding carboxylic acids is 1. The van der Waals surface area contributed by atoms with Gasteiger partial charge in [-0.15, -0.1) is 0 Å². The number of rotatable bonds is 5. The first-order valence-corrected chi connectivity index (χ1v) is 8.75. The smallest absolute Gasteiger partial charge is 0.223 e. The zero-order valence-corrected chi connectivity index (χ0v) is 14.7. The number of aliphatic hydroxyl groups is 1. The molecule has 1 aromatic heterocycles. The molecule has 0 saturated heterocycles. The van der Waals surface area contributed by atoms with Crippen LogP contribution < -0.4 is 10.1 Å². The predicted octanol–water partition coefficient (Wildman–Crippen LogP) is 2.61. The van der Waals surface area contributed by atoms with E-state index in [1.54, 1.807) is 18.0 Å². The highest BCUT2D eigenvalue weighted by molar-refractivity contribution is 5.79. The average molecular weight is 343 g/mol. The van der Waals surface area contributed by atoms with Crippen molar-refractivity contribution in [2.75, 3.05) is 7.11 Å². The number of nitrogens with one attached hydrogen (secondary N) is 1. The van der Waals surface area contributed by atoms with Crippen molar-refractivity contribution in [1.29, 1.82) is 0 Å². The van der Waals surface area contributed by atoms with Crippen molar-refractivity contribution < 1.29 is 14.6 Å². The summed E-state index contributed by atoms with van der Waals surface area (Å²) in [6.07, 6.45) is 6.34. The summed E-state index contributed by atoms with van der Waals surface area (Å²) in [5, 5.41) is 17.0. The molecule has 1 heterocycles. The van der Waals surface area contributed by atoms with Crippen molar-refractivity contribution in [3.05, 3.63) is 42.2 Å². The molecule has 0 radical (unpaired) electrons. The first-order valence-electron chi connectivity index (χ1n) is 8.75. The van der Waals surface area contributed by atoms with E-state index in [1.165, 1.54) is 0 Å². The van der Waals surface area contributed by atoms with Crippen LogP contribution in [-0.4, -0.2) is 34.0 Å². The van der Waals surface area contributed by atoms with E-state index in [0.717, 1.165) is 29.8 Å². The van der Waals surface area contributed by atoms with Crippen LogP contribution in [0.5, 0.6) is 5.75 Å². The standard InChI is InChI=1S/C19H25N3O3/c1-13(21-19(24)14-7-9-16(23)10-8-14)15-11-20-22(12-15)17-5-3-4-6-18(17)25-2/h3-6,11-14,16,23H,7-10H2,1-2H3,(H,21,24)/t13-,14?,16?/m1/s1. The second kappa shape index (κ2) is 7.70. The quantitative estimate of drug-likeness (QED) is 0.875. The minimum Gasteiger partial charge on any atom is -0.494 e. The zero-order valence-electron chi connectivity index (χ0n) is 14.7. The van der Waals surface area contributed by atoms with Crippen LogP contribution in [0.4, 0.5) is 0 Å². The number of carbonyl (C=O) groups is 1. The Kier molecular flexibility index (Phi) is 5.38. The Morgan fingerprint density at radius 3 is 2.76 bits per heavy atom. The molecule has 1 aliphatic carbocycles. The summed E-state index contributed by atoms with van der Waals surface area (Å²) in [5.74, 6) is 0.800. The lowest BCUT2D eigenvalue weighted by molar-refractivity contribution is -0.127. The number of benzene rings is 1. The van der Waals surface area contributed by atoms with Gasteiger partial charge in [0.05, 0.1) is 25.5 Å². The Labute approximate surface area is 147 Å². The zero-order chi connectivity index (χ0) is 17.8. The number of hydrogen-bond donors (Lipinski definition) is 2. The van der Waals surface area contributed by atoms with Crippen molar-refractivity contribution in [3.63, 3.8) is 0 Å². The normalized spacial score (nSPS) is 21.6. The summed E-state index contributed by atoms with van der Waals surface area (Å²) in [7, 11) is 1.63. The third kappa shape index (κ3) is 4.02. The summed E-state index contributed by atoms with van der Waals surface area (Å²) in [5.41, 5.74) is 1.80. The summed E-state index contributed by atoms with van der Waals surface area (Å²) in [6, 6.07) is 7.55. The molecule has 6 nitrogen and oxygen atoms in total. The van der Waals surface area contributed by atoms with Gasteiger partial charge in [0.25, 0.3) is 0 Å².